The summed E-state index contributed by atoms with van der Waals surface area (Å²) in [5, 5.41) is 3.36. The third kappa shape index (κ3) is 3.65. The summed E-state index contributed by atoms with van der Waals surface area (Å²) in [4.78, 5) is 10.0. The largest absolute Gasteiger partial charge is 0.337 e. The minimum atomic E-state index is 0.862. The molecule has 18 heavy (non-hydrogen) atoms. The summed E-state index contributed by atoms with van der Waals surface area (Å²) in [6, 6.07) is 0. The molecule has 2 rings (SSSR count). The molecular formula is C13H20N4S. The van der Waals surface area contributed by atoms with Crippen LogP contribution in [0.15, 0.2) is 18.0 Å². The molecule has 0 aliphatic rings. The Morgan fingerprint density at radius 3 is 3.00 bits per heavy atom. The van der Waals surface area contributed by atoms with Crippen molar-refractivity contribution in [2.45, 2.75) is 39.8 Å². The van der Waals surface area contributed by atoms with E-state index in [-0.39, 0.29) is 0 Å². The van der Waals surface area contributed by atoms with E-state index in [4.69, 9.17) is 0 Å². The Bertz CT molecular complexity index is 475. The molecule has 0 fully saturated rings. The van der Waals surface area contributed by atoms with Gasteiger partial charge >= 0.3 is 0 Å². The Morgan fingerprint density at radius 1 is 1.39 bits per heavy atom. The lowest BCUT2D eigenvalue weighted by molar-refractivity contribution is 0.663. The highest BCUT2D eigenvalue weighted by atomic mass is 32.1. The van der Waals surface area contributed by atoms with Crippen LogP contribution in [0, 0.1) is 6.92 Å². The van der Waals surface area contributed by atoms with Crippen LogP contribution >= 0.6 is 11.3 Å². The predicted molar refractivity (Wildman–Crippen MR) is 74.8 cm³/mol. The molecule has 2 heterocycles. The van der Waals surface area contributed by atoms with Crippen molar-refractivity contribution in [2.24, 2.45) is 0 Å². The fourth-order valence-electron chi connectivity index (χ4n) is 1.81. The van der Waals surface area contributed by atoms with Gasteiger partial charge in [0.2, 0.25) is 0 Å². The van der Waals surface area contributed by atoms with Gasteiger partial charge in [-0.25, -0.2) is 9.97 Å². The molecule has 0 amide bonds. The van der Waals surface area contributed by atoms with E-state index in [1.807, 2.05) is 11.8 Å². The van der Waals surface area contributed by atoms with Gasteiger partial charge in [-0.05, 0) is 19.9 Å². The first-order chi connectivity index (χ1) is 8.79. The summed E-state index contributed by atoms with van der Waals surface area (Å²) in [5.41, 5.74) is 4.19. The predicted octanol–water partition coefficient (Wildman–Crippen LogP) is 2.39. The van der Waals surface area contributed by atoms with Crippen molar-refractivity contribution in [3.8, 4) is 0 Å². The van der Waals surface area contributed by atoms with Crippen molar-refractivity contribution in [2.75, 3.05) is 6.54 Å². The van der Waals surface area contributed by atoms with Gasteiger partial charge in [0.15, 0.2) is 0 Å². The number of aromatic nitrogens is 3. The van der Waals surface area contributed by atoms with E-state index in [9.17, 15) is 0 Å². The number of nitrogens with zero attached hydrogens (tertiary/aromatic N) is 3. The van der Waals surface area contributed by atoms with Crippen LogP contribution in [0.1, 0.15) is 29.6 Å². The van der Waals surface area contributed by atoms with Gasteiger partial charge in [-0.3, -0.25) is 0 Å². The van der Waals surface area contributed by atoms with Gasteiger partial charge in [0.1, 0.15) is 0 Å². The maximum atomic E-state index is 4.40. The van der Waals surface area contributed by atoms with Crippen molar-refractivity contribution < 1.29 is 0 Å². The summed E-state index contributed by atoms with van der Waals surface area (Å²) < 4.78 is 2.15. The molecule has 0 aliphatic carbocycles. The van der Waals surface area contributed by atoms with Crippen molar-refractivity contribution in [1.82, 2.24) is 19.9 Å². The third-order valence-corrected chi connectivity index (χ3v) is 3.86. The molecule has 0 bridgehead atoms. The molecule has 4 nitrogen and oxygen atoms in total. The average Bonchev–Trinajstić information content (AvgIpc) is 2.96. The molecule has 0 aliphatic heterocycles. The molecule has 0 saturated heterocycles. The van der Waals surface area contributed by atoms with Gasteiger partial charge in [0.05, 0.1) is 23.2 Å². The molecule has 5 heteroatoms. The molecule has 0 unspecified atom stereocenters. The van der Waals surface area contributed by atoms with Crippen molar-refractivity contribution in [1.29, 1.82) is 0 Å². The summed E-state index contributed by atoms with van der Waals surface area (Å²) in [5.74, 6) is 0. The standard InChI is InChI=1S/C13H20N4S/c1-3-5-14-7-12-8-17(9-15-12)6-4-13-11(2)16-10-18-13/h8-10,14H,3-7H2,1-2H3. The quantitative estimate of drug-likeness (QED) is 0.781. The Kier molecular flexibility index (Phi) is 4.90. The summed E-state index contributed by atoms with van der Waals surface area (Å²) in [6.07, 6.45) is 6.23. The highest BCUT2D eigenvalue weighted by Crippen LogP contribution is 2.13. The minimum Gasteiger partial charge on any atom is -0.337 e. The molecule has 0 aromatic carbocycles. The lowest BCUT2D eigenvalue weighted by Gasteiger charge is -2.01. The number of thiazole rings is 1. The maximum absolute atomic E-state index is 4.40. The van der Waals surface area contributed by atoms with Gasteiger partial charge in [-0.1, -0.05) is 6.92 Å². The van der Waals surface area contributed by atoms with Gasteiger partial charge in [-0.2, -0.15) is 0 Å². The van der Waals surface area contributed by atoms with Gasteiger partial charge in [0, 0.05) is 30.6 Å². The van der Waals surface area contributed by atoms with E-state index < -0.39 is 0 Å². The van der Waals surface area contributed by atoms with E-state index in [2.05, 4.69) is 39.9 Å². The fourth-order valence-corrected chi connectivity index (χ4v) is 2.58. The van der Waals surface area contributed by atoms with Gasteiger partial charge < -0.3 is 9.88 Å². The average molecular weight is 264 g/mol. The number of nitrogens with one attached hydrogen (secondary N) is 1. The zero-order chi connectivity index (χ0) is 12.8. The molecule has 1 N–H and O–H groups in total. The van der Waals surface area contributed by atoms with Crippen LogP contribution in [0.5, 0.6) is 0 Å². The molecule has 0 radical (unpaired) electrons. The van der Waals surface area contributed by atoms with Crippen LogP contribution in [0.3, 0.4) is 0 Å². The Balaban J connectivity index is 1.81. The second-order valence-corrected chi connectivity index (χ2v) is 5.33. The van der Waals surface area contributed by atoms with Crippen LogP contribution in [0.25, 0.3) is 0 Å². The normalized spacial score (nSPS) is 11.0. The van der Waals surface area contributed by atoms with E-state index >= 15 is 0 Å². The lowest BCUT2D eigenvalue weighted by Crippen LogP contribution is -2.13. The zero-order valence-electron chi connectivity index (χ0n) is 11.0. The highest BCUT2D eigenvalue weighted by Gasteiger charge is 2.03. The molecule has 2 aromatic heterocycles. The second-order valence-electron chi connectivity index (χ2n) is 4.39. The SMILES string of the molecule is CCCNCc1cn(CCc2scnc2C)cn1. The first-order valence-electron chi connectivity index (χ1n) is 6.40. The lowest BCUT2D eigenvalue weighted by atomic mass is 10.3. The number of hydrogen-bond donors (Lipinski definition) is 1. The van der Waals surface area contributed by atoms with Crippen LogP contribution in [-0.2, 0) is 19.5 Å². The summed E-state index contributed by atoms with van der Waals surface area (Å²) >= 11 is 1.74. The first-order valence-corrected chi connectivity index (χ1v) is 7.28. The molecule has 98 valence electrons. The maximum Gasteiger partial charge on any atom is 0.0950 e. The Hall–Kier alpha value is -1.20. The van der Waals surface area contributed by atoms with Crippen LogP contribution in [-0.4, -0.2) is 21.1 Å². The molecule has 0 saturated carbocycles. The van der Waals surface area contributed by atoms with E-state index in [0.29, 0.717) is 0 Å². The number of hydrogen-bond acceptors (Lipinski definition) is 4. The smallest absolute Gasteiger partial charge is 0.0950 e. The Morgan fingerprint density at radius 2 is 2.28 bits per heavy atom. The third-order valence-electron chi connectivity index (χ3n) is 2.86. The molecule has 0 atom stereocenters. The number of imidazole rings is 1. The monoisotopic (exact) mass is 264 g/mol. The summed E-state index contributed by atoms with van der Waals surface area (Å²) in [6.45, 7) is 7.12. The van der Waals surface area contributed by atoms with E-state index in [1.54, 1.807) is 11.3 Å². The van der Waals surface area contributed by atoms with Crippen molar-refractivity contribution >= 4 is 11.3 Å². The van der Waals surface area contributed by atoms with E-state index in [0.717, 1.165) is 43.9 Å². The molecule has 0 spiro atoms. The zero-order valence-corrected chi connectivity index (χ0v) is 11.8. The topological polar surface area (TPSA) is 42.7 Å². The van der Waals surface area contributed by atoms with E-state index in [1.165, 1.54) is 4.88 Å². The minimum absolute atomic E-state index is 0.862. The molecular weight excluding hydrogens is 244 g/mol. The summed E-state index contributed by atoms with van der Waals surface area (Å²) in [7, 11) is 0. The first kappa shape index (κ1) is 13.2. The van der Waals surface area contributed by atoms with Crippen LogP contribution in [0.2, 0.25) is 0 Å². The van der Waals surface area contributed by atoms with Crippen molar-refractivity contribution in [3.63, 3.8) is 0 Å². The number of aryl methyl sites for hydroxylation is 3. The van der Waals surface area contributed by atoms with Gasteiger partial charge in [-0.15, -0.1) is 11.3 Å². The van der Waals surface area contributed by atoms with Crippen molar-refractivity contribution in [3.05, 3.63) is 34.3 Å². The van der Waals surface area contributed by atoms with Crippen LogP contribution in [0.4, 0.5) is 0 Å². The number of rotatable bonds is 7. The second kappa shape index (κ2) is 6.66. The molecule has 2 aromatic rings. The Labute approximate surface area is 112 Å². The van der Waals surface area contributed by atoms with Crippen LogP contribution < -0.4 is 5.32 Å². The highest BCUT2D eigenvalue weighted by molar-refractivity contribution is 7.09. The fraction of sp³-hybridized carbons (Fsp3) is 0.538. The van der Waals surface area contributed by atoms with Gasteiger partial charge in [0.25, 0.3) is 0 Å².